The van der Waals surface area contributed by atoms with Crippen LogP contribution in [0.15, 0.2) is 158 Å². The van der Waals surface area contributed by atoms with Gasteiger partial charge in [0.2, 0.25) is 0 Å². The molecule has 0 unspecified atom stereocenters. The van der Waals surface area contributed by atoms with Gasteiger partial charge in [-0.25, -0.2) is 10.9 Å². The third-order valence-electron chi connectivity index (χ3n) is 9.60. The van der Waals surface area contributed by atoms with Crippen LogP contribution < -0.4 is 10.9 Å². The van der Waals surface area contributed by atoms with Crippen LogP contribution in [0.4, 0.5) is 4.79 Å². The Morgan fingerprint density at radius 3 is 1.08 bits per heavy atom. The van der Waals surface area contributed by atoms with Gasteiger partial charge in [0.15, 0.2) is 0 Å². The first-order valence-corrected chi connectivity index (χ1v) is 17.1. The van der Waals surface area contributed by atoms with Gasteiger partial charge in [0.25, 0.3) is 0 Å². The van der Waals surface area contributed by atoms with Crippen molar-refractivity contribution in [3.8, 4) is 22.3 Å². The normalized spacial score (nSPS) is 13.2. The monoisotopic (exact) mass is 658 g/mol. The third-order valence-corrected chi connectivity index (χ3v) is 9.60. The summed E-state index contributed by atoms with van der Waals surface area (Å²) in [5.74, 6) is -0.0328. The molecule has 0 bridgehead atoms. The maximum absolute atomic E-state index is 13.8. The Morgan fingerprint density at radius 1 is 0.440 bits per heavy atom. The van der Waals surface area contributed by atoms with Gasteiger partial charge >= 0.3 is 6.16 Å². The fraction of sp³-hybridized carbons (Fsp3) is 0.140. The lowest BCUT2D eigenvalue weighted by Crippen LogP contribution is -2.46. The van der Waals surface area contributed by atoms with E-state index in [2.05, 4.69) is 108 Å². The van der Waals surface area contributed by atoms with Gasteiger partial charge in [-0.05, 0) is 55.6 Å². The zero-order valence-electron chi connectivity index (χ0n) is 27.6. The molecule has 8 rings (SSSR count). The first-order chi connectivity index (χ1) is 24.7. The SMILES string of the molecule is O=C(ON(CC1c2ccccc2-c2ccccc21)NCc1ccccc1)ON(CC1c2ccccc2-c2ccccc21)NCc1ccccc1. The van der Waals surface area contributed by atoms with Crippen LogP contribution in [0.2, 0.25) is 0 Å². The summed E-state index contributed by atoms with van der Waals surface area (Å²) in [7, 11) is 0. The number of nitrogens with one attached hydrogen (secondary N) is 2. The van der Waals surface area contributed by atoms with Crippen LogP contribution >= 0.6 is 0 Å². The van der Waals surface area contributed by atoms with Crippen molar-refractivity contribution in [2.45, 2.75) is 24.9 Å². The van der Waals surface area contributed by atoms with E-state index in [-0.39, 0.29) is 11.8 Å². The Labute approximate surface area is 292 Å². The molecule has 0 amide bonds. The van der Waals surface area contributed by atoms with Crippen LogP contribution in [0.5, 0.6) is 0 Å². The molecule has 0 saturated carbocycles. The number of nitrogens with zero attached hydrogens (tertiary/aromatic N) is 2. The standard InChI is InChI=1S/C43H38N4O3/c48-43(49-46(44-27-31-15-3-1-4-16-31)29-41-37-23-11-7-19-33(37)34-20-8-12-24-38(34)41)50-47(45-28-32-17-5-2-6-18-32)30-42-39-25-13-9-21-35(39)36-22-10-14-26-40(36)42/h1-26,41-42,44-45H,27-30H2. The molecule has 2 N–H and O–H groups in total. The quantitative estimate of drug-likeness (QED) is 0.128. The zero-order valence-corrected chi connectivity index (χ0v) is 27.6. The van der Waals surface area contributed by atoms with Crippen LogP contribution in [0.1, 0.15) is 45.2 Å². The minimum absolute atomic E-state index is 0.0164. The van der Waals surface area contributed by atoms with Crippen LogP contribution in [-0.4, -0.2) is 29.6 Å². The minimum atomic E-state index is -0.842. The molecule has 6 aromatic carbocycles. The van der Waals surface area contributed by atoms with E-state index in [1.807, 2.05) is 60.7 Å². The summed E-state index contributed by atoms with van der Waals surface area (Å²) in [4.78, 5) is 25.9. The molecule has 2 aliphatic carbocycles. The lowest BCUT2D eigenvalue weighted by Gasteiger charge is -2.28. The summed E-state index contributed by atoms with van der Waals surface area (Å²) < 4.78 is 0. The molecule has 0 heterocycles. The second kappa shape index (κ2) is 14.5. The van der Waals surface area contributed by atoms with Gasteiger partial charge in [0.1, 0.15) is 0 Å². The highest BCUT2D eigenvalue weighted by molar-refractivity contribution is 5.79. The van der Waals surface area contributed by atoms with Gasteiger partial charge in [-0.2, -0.15) is 4.79 Å². The number of hydroxylamine groups is 2. The Balaban J connectivity index is 1.04. The van der Waals surface area contributed by atoms with Crippen LogP contribution in [-0.2, 0) is 22.8 Å². The lowest BCUT2D eigenvalue weighted by atomic mass is 9.97. The van der Waals surface area contributed by atoms with Gasteiger partial charge < -0.3 is 9.68 Å². The van der Waals surface area contributed by atoms with E-state index in [9.17, 15) is 4.79 Å². The Kier molecular flexibility index (Phi) is 9.19. The van der Waals surface area contributed by atoms with E-state index in [0.717, 1.165) is 11.1 Å². The number of hydrogen-bond acceptors (Lipinski definition) is 7. The van der Waals surface area contributed by atoms with E-state index in [1.54, 1.807) is 0 Å². The molecule has 7 heteroatoms. The molecule has 0 saturated heterocycles. The van der Waals surface area contributed by atoms with Crippen molar-refractivity contribution in [3.63, 3.8) is 0 Å². The molecule has 0 aromatic heterocycles. The van der Waals surface area contributed by atoms with Crippen molar-refractivity contribution >= 4 is 6.16 Å². The molecule has 6 aromatic rings. The van der Waals surface area contributed by atoms with E-state index >= 15 is 0 Å². The number of carbonyl (C=O) groups is 1. The Morgan fingerprint density at radius 2 is 0.740 bits per heavy atom. The summed E-state index contributed by atoms with van der Waals surface area (Å²) in [6.45, 7) is 1.71. The topological polar surface area (TPSA) is 66.1 Å². The smallest absolute Gasteiger partial charge is 0.318 e. The Hall–Kier alpha value is -5.57. The molecule has 7 nitrogen and oxygen atoms in total. The third kappa shape index (κ3) is 6.68. The van der Waals surface area contributed by atoms with Gasteiger partial charge in [-0.1, -0.05) is 168 Å². The maximum atomic E-state index is 13.8. The minimum Gasteiger partial charge on any atom is -0.318 e. The molecule has 0 radical (unpaired) electrons. The molecule has 248 valence electrons. The highest BCUT2D eigenvalue weighted by Crippen LogP contribution is 2.46. The first-order valence-electron chi connectivity index (χ1n) is 17.1. The predicted molar refractivity (Wildman–Crippen MR) is 195 cm³/mol. The van der Waals surface area contributed by atoms with Crippen molar-refractivity contribution in [1.82, 2.24) is 21.2 Å². The largest absolute Gasteiger partial charge is 0.550 e. The average molecular weight is 659 g/mol. The van der Waals surface area contributed by atoms with Crippen LogP contribution in [0, 0.1) is 0 Å². The molecule has 0 atom stereocenters. The van der Waals surface area contributed by atoms with E-state index in [1.165, 1.54) is 54.9 Å². The molecule has 0 spiro atoms. The Bertz CT molecular complexity index is 1850. The lowest BCUT2D eigenvalue weighted by molar-refractivity contribution is -0.224. The van der Waals surface area contributed by atoms with Crippen molar-refractivity contribution in [1.29, 1.82) is 0 Å². The van der Waals surface area contributed by atoms with Crippen molar-refractivity contribution in [3.05, 3.63) is 191 Å². The van der Waals surface area contributed by atoms with Gasteiger partial charge in [-0.3, -0.25) is 0 Å². The second-order valence-electron chi connectivity index (χ2n) is 12.6. The van der Waals surface area contributed by atoms with Crippen molar-refractivity contribution in [2.75, 3.05) is 13.1 Å². The second-order valence-corrected chi connectivity index (χ2v) is 12.6. The van der Waals surface area contributed by atoms with E-state index < -0.39 is 6.16 Å². The zero-order chi connectivity index (χ0) is 33.7. The summed E-state index contributed by atoms with van der Waals surface area (Å²) in [5, 5.41) is 3.04. The van der Waals surface area contributed by atoms with Gasteiger partial charge in [-0.15, -0.1) is 0 Å². The average Bonchev–Trinajstić information content (AvgIpc) is 3.66. The summed E-state index contributed by atoms with van der Waals surface area (Å²) in [6, 6.07) is 53.8. The number of benzene rings is 6. The number of fused-ring (bicyclic) bond motifs is 6. The number of rotatable bonds is 12. The van der Waals surface area contributed by atoms with E-state index in [0.29, 0.717) is 26.2 Å². The van der Waals surface area contributed by atoms with Crippen molar-refractivity contribution in [2.24, 2.45) is 0 Å². The first kappa shape index (κ1) is 31.7. The molecular weight excluding hydrogens is 620 g/mol. The molecule has 0 fully saturated rings. The van der Waals surface area contributed by atoms with Crippen LogP contribution in [0.25, 0.3) is 22.3 Å². The molecule has 0 aliphatic heterocycles. The number of hydrogen-bond donors (Lipinski definition) is 2. The maximum Gasteiger partial charge on any atom is 0.550 e. The fourth-order valence-electron chi connectivity index (χ4n) is 7.26. The van der Waals surface area contributed by atoms with E-state index in [4.69, 9.17) is 9.68 Å². The highest BCUT2D eigenvalue weighted by Gasteiger charge is 2.33. The summed E-state index contributed by atoms with van der Waals surface area (Å²) >= 11 is 0. The van der Waals surface area contributed by atoms with Crippen LogP contribution in [0.3, 0.4) is 0 Å². The highest BCUT2D eigenvalue weighted by atomic mass is 16.9. The molecule has 50 heavy (non-hydrogen) atoms. The summed E-state index contributed by atoms with van der Waals surface area (Å²) in [5.41, 5.74) is 18.4. The fourth-order valence-corrected chi connectivity index (χ4v) is 7.26. The van der Waals surface area contributed by atoms with Gasteiger partial charge in [0.05, 0.1) is 13.1 Å². The number of carbonyl (C=O) groups excluding carboxylic acids is 1. The molecule has 2 aliphatic rings. The van der Waals surface area contributed by atoms with Gasteiger partial charge in [0, 0.05) is 24.9 Å². The predicted octanol–water partition coefficient (Wildman–Crippen LogP) is 8.61. The number of hydrazine groups is 2. The molecular formula is C43H38N4O3. The van der Waals surface area contributed by atoms with Crippen molar-refractivity contribution < 1.29 is 14.5 Å². The summed E-state index contributed by atoms with van der Waals surface area (Å²) in [6.07, 6.45) is -0.842.